The Morgan fingerprint density at radius 2 is 2.26 bits per heavy atom. The number of nitro groups is 1. The maximum absolute atomic E-state index is 11.8. The van der Waals surface area contributed by atoms with Gasteiger partial charge in [-0.25, -0.2) is 9.78 Å². The molecule has 0 N–H and O–H groups in total. The average Bonchev–Trinajstić information content (AvgIpc) is 2.84. The number of carbonyl (C=O) groups excluding carboxylic acids is 1. The fourth-order valence-corrected chi connectivity index (χ4v) is 2.79. The minimum absolute atomic E-state index is 0.0503. The number of carbonyl (C=O) groups is 1. The second-order valence-corrected chi connectivity index (χ2v) is 4.77. The summed E-state index contributed by atoms with van der Waals surface area (Å²) in [6, 6.07) is 2.70. The maximum atomic E-state index is 11.8. The van der Waals surface area contributed by atoms with Crippen LogP contribution in [0.25, 0.3) is 0 Å². The van der Waals surface area contributed by atoms with Crippen molar-refractivity contribution in [2.45, 2.75) is 18.9 Å². The molecule has 100 valence electrons. The molecule has 2 saturated heterocycles. The summed E-state index contributed by atoms with van der Waals surface area (Å²) in [5.74, 6) is 0.684. The van der Waals surface area contributed by atoms with E-state index in [0.717, 1.165) is 19.4 Å². The minimum atomic E-state index is -0.488. The van der Waals surface area contributed by atoms with Gasteiger partial charge in [0.15, 0.2) is 0 Å². The molecule has 0 unspecified atom stereocenters. The van der Waals surface area contributed by atoms with Crippen LogP contribution < -0.4 is 4.90 Å². The second-order valence-electron chi connectivity index (χ2n) is 4.77. The molecule has 3 heterocycles. The first-order valence-corrected chi connectivity index (χ1v) is 6.20. The van der Waals surface area contributed by atoms with Gasteiger partial charge in [0.1, 0.15) is 18.1 Å². The molecule has 0 aromatic carbocycles. The van der Waals surface area contributed by atoms with Gasteiger partial charge in [-0.3, -0.25) is 10.1 Å². The van der Waals surface area contributed by atoms with Crippen LogP contribution in [0.15, 0.2) is 18.3 Å². The number of hydrogen-bond donors (Lipinski definition) is 0. The number of fused-ring (bicyclic) bond motifs is 1. The molecule has 3 rings (SSSR count). The molecule has 0 saturated carbocycles. The molecule has 2 aliphatic heterocycles. The van der Waals surface area contributed by atoms with Crippen molar-refractivity contribution in [1.29, 1.82) is 0 Å². The smallest absolute Gasteiger partial charge is 0.329 e. The molecule has 0 bridgehead atoms. The van der Waals surface area contributed by atoms with E-state index in [2.05, 4.69) is 4.98 Å². The van der Waals surface area contributed by atoms with E-state index in [1.54, 1.807) is 6.07 Å². The van der Waals surface area contributed by atoms with Gasteiger partial charge in [0.05, 0.1) is 11.5 Å². The van der Waals surface area contributed by atoms with Crippen molar-refractivity contribution in [1.82, 2.24) is 4.98 Å². The third kappa shape index (κ3) is 2.00. The summed E-state index contributed by atoms with van der Waals surface area (Å²) < 4.78 is 5.09. The summed E-state index contributed by atoms with van der Waals surface area (Å²) in [5, 5.41) is 10.6. The second kappa shape index (κ2) is 4.49. The van der Waals surface area contributed by atoms with Gasteiger partial charge in [-0.1, -0.05) is 0 Å². The van der Waals surface area contributed by atoms with Gasteiger partial charge in [0.2, 0.25) is 0 Å². The van der Waals surface area contributed by atoms with Gasteiger partial charge < -0.3 is 9.64 Å². The van der Waals surface area contributed by atoms with Crippen molar-refractivity contribution in [3.05, 3.63) is 28.4 Å². The number of pyridine rings is 1. The fraction of sp³-hybridized carbons (Fsp3) is 0.500. The summed E-state index contributed by atoms with van der Waals surface area (Å²) in [5.41, 5.74) is -0.0503. The zero-order chi connectivity index (χ0) is 13.4. The third-order valence-electron chi connectivity index (χ3n) is 3.73. The number of nitrogens with zero attached hydrogens (tertiary/aromatic N) is 3. The topological polar surface area (TPSA) is 85.6 Å². The Morgan fingerprint density at radius 3 is 2.95 bits per heavy atom. The highest BCUT2D eigenvalue weighted by Crippen LogP contribution is 2.34. The molecule has 19 heavy (non-hydrogen) atoms. The number of hydrogen-bond acceptors (Lipinski definition) is 6. The van der Waals surface area contributed by atoms with Crippen LogP contribution in [0.1, 0.15) is 12.8 Å². The van der Waals surface area contributed by atoms with Crippen LogP contribution in [-0.2, 0) is 9.53 Å². The van der Waals surface area contributed by atoms with Crippen molar-refractivity contribution in [3.8, 4) is 0 Å². The lowest BCUT2D eigenvalue weighted by atomic mass is 9.95. The number of aromatic nitrogens is 1. The number of rotatable bonds is 2. The van der Waals surface area contributed by atoms with Gasteiger partial charge >= 0.3 is 5.97 Å². The normalized spacial score (nSPS) is 25.9. The van der Waals surface area contributed by atoms with Crippen molar-refractivity contribution in [2.24, 2.45) is 5.92 Å². The molecule has 0 amide bonds. The molecule has 0 aliphatic carbocycles. The third-order valence-corrected chi connectivity index (χ3v) is 3.73. The Morgan fingerprint density at radius 1 is 1.42 bits per heavy atom. The van der Waals surface area contributed by atoms with Crippen LogP contribution in [0, 0.1) is 16.0 Å². The number of esters is 1. The van der Waals surface area contributed by atoms with Gasteiger partial charge in [-0.2, -0.15) is 0 Å². The highest BCUT2D eigenvalue weighted by atomic mass is 16.6. The average molecular weight is 263 g/mol. The van der Waals surface area contributed by atoms with E-state index in [9.17, 15) is 14.9 Å². The zero-order valence-corrected chi connectivity index (χ0v) is 10.2. The molecule has 2 aliphatic rings. The Kier molecular flexibility index (Phi) is 2.81. The Balaban J connectivity index is 1.85. The van der Waals surface area contributed by atoms with Crippen LogP contribution in [-0.4, -0.2) is 35.1 Å². The number of anilines is 1. The van der Waals surface area contributed by atoms with Crippen molar-refractivity contribution in [3.63, 3.8) is 0 Å². The zero-order valence-electron chi connectivity index (χ0n) is 10.2. The SMILES string of the molecule is O=C1OCC[C@@H]2CCN(c3ccc([N+](=O)[O-])cn3)[C@H]12. The van der Waals surface area contributed by atoms with E-state index in [4.69, 9.17) is 4.74 Å². The van der Waals surface area contributed by atoms with E-state index < -0.39 is 4.92 Å². The van der Waals surface area contributed by atoms with E-state index in [1.807, 2.05) is 4.90 Å². The van der Waals surface area contributed by atoms with E-state index in [-0.39, 0.29) is 17.7 Å². The van der Waals surface area contributed by atoms with Crippen LogP contribution in [0.5, 0.6) is 0 Å². The van der Waals surface area contributed by atoms with Gasteiger partial charge in [0, 0.05) is 12.6 Å². The van der Waals surface area contributed by atoms with E-state index in [0.29, 0.717) is 18.3 Å². The van der Waals surface area contributed by atoms with Crippen LogP contribution in [0.3, 0.4) is 0 Å². The molecular weight excluding hydrogens is 250 g/mol. The van der Waals surface area contributed by atoms with Crippen LogP contribution in [0.2, 0.25) is 0 Å². The minimum Gasteiger partial charge on any atom is -0.464 e. The standard InChI is InChI=1S/C12H13N3O4/c16-12-11-8(4-6-19-12)3-5-14(11)10-2-1-9(7-13-10)15(17)18/h1-2,7-8,11H,3-6H2/t8-,11-/m0/s1. The van der Waals surface area contributed by atoms with E-state index in [1.165, 1.54) is 12.3 Å². The molecule has 7 nitrogen and oxygen atoms in total. The molecule has 1 aromatic heterocycles. The molecule has 0 radical (unpaired) electrons. The first kappa shape index (κ1) is 11.9. The predicted molar refractivity (Wildman–Crippen MR) is 65.7 cm³/mol. The largest absolute Gasteiger partial charge is 0.464 e. The van der Waals surface area contributed by atoms with Crippen LogP contribution >= 0.6 is 0 Å². The number of ether oxygens (including phenoxy) is 1. The van der Waals surface area contributed by atoms with Gasteiger partial charge in [-0.15, -0.1) is 0 Å². The lowest BCUT2D eigenvalue weighted by Crippen LogP contribution is -2.44. The maximum Gasteiger partial charge on any atom is 0.329 e. The summed E-state index contributed by atoms with van der Waals surface area (Å²) >= 11 is 0. The fourth-order valence-electron chi connectivity index (χ4n) is 2.79. The Hall–Kier alpha value is -2.18. The molecule has 7 heteroatoms. The van der Waals surface area contributed by atoms with E-state index >= 15 is 0 Å². The highest BCUT2D eigenvalue weighted by Gasteiger charge is 2.43. The Labute approximate surface area is 109 Å². The van der Waals surface area contributed by atoms with Gasteiger partial charge in [0.25, 0.3) is 5.69 Å². The summed E-state index contributed by atoms with van der Waals surface area (Å²) in [6.07, 6.45) is 3.02. The van der Waals surface area contributed by atoms with Gasteiger partial charge in [-0.05, 0) is 24.8 Å². The molecular formula is C12H13N3O4. The van der Waals surface area contributed by atoms with Crippen molar-refractivity contribution >= 4 is 17.5 Å². The number of cyclic esters (lactones) is 1. The summed E-state index contributed by atoms with van der Waals surface area (Å²) in [4.78, 5) is 27.9. The quantitative estimate of drug-likeness (QED) is 0.451. The molecule has 2 atom stereocenters. The molecule has 2 fully saturated rings. The molecule has 1 aromatic rings. The molecule has 0 spiro atoms. The van der Waals surface area contributed by atoms with Crippen molar-refractivity contribution in [2.75, 3.05) is 18.1 Å². The monoisotopic (exact) mass is 263 g/mol. The van der Waals surface area contributed by atoms with Crippen LogP contribution in [0.4, 0.5) is 11.5 Å². The summed E-state index contributed by atoms with van der Waals surface area (Å²) in [6.45, 7) is 1.22. The Bertz CT molecular complexity index is 516. The summed E-state index contributed by atoms with van der Waals surface area (Å²) in [7, 11) is 0. The highest BCUT2D eigenvalue weighted by molar-refractivity contribution is 5.81. The first-order valence-electron chi connectivity index (χ1n) is 6.20. The predicted octanol–water partition coefficient (Wildman–Crippen LogP) is 1.13. The lowest BCUT2D eigenvalue weighted by Gasteiger charge is -2.30. The lowest BCUT2D eigenvalue weighted by molar-refractivity contribution is -0.385. The van der Waals surface area contributed by atoms with Crippen molar-refractivity contribution < 1.29 is 14.5 Å². The first-order chi connectivity index (χ1) is 9.16.